The number of rotatable bonds is 6. The summed E-state index contributed by atoms with van der Waals surface area (Å²) in [5.74, 6) is -2.22. The van der Waals surface area contributed by atoms with Crippen LogP contribution in [-0.2, 0) is 22.4 Å². The molecule has 0 spiro atoms. The lowest BCUT2D eigenvalue weighted by Gasteiger charge is -2.42. The number of aliphatic carboxylic acids is 1. The average molecular weight is 368 g/mol. The lowest BCUT2D eigenvalue weighted by atomic mass is 9.82. The number of benzene rings is 1. The molecular formula is C19H20N4O4. The van der Waals surface area contributed by atoms with Gasteiger partial charge in [-0.25, -0.2) is 19.5 Å². The first-order valence-electron chi connectivity index (χ1n) is 8.55. The number of hydrogen-bond acceptors (Lipinski definition) is 5. The fourth-order valence-electron chi connectivity index (χ4n) is 3.18. The van der Waals surface area contributed by atoms with E-state index in [1.54, 1.807) is 12.1 Å². The number of β-lactam (4-membered cyclic amide) rings is 1. The molecule has 27 heavy (non-hydrogen) atoms. The fourth-order valence-corrected chi connectivity index (χ4v) is 3.18. The molecular weight excluding hydrogens is 348 g/mol. The van der Waals surface area contributed by atoms with Crippen LogP contribution in [0.2, 0.25) is 0 Å². The number of carboxylic acids is 1. The van der Waals surface area contributed by atoms with Gasteiger partial charge in [0.05, 0.1) is 5.92 Å². The standard InChI is InChI=1S/C19H20N4O4/c20-15-11-13(7-8-21-15)10-14-16(18(25)26)23(17(14)24)19(27)22-9-6-12-4-2-1-3-5-12/h1-5,7-8,11,14,16H,6,9-10H2,(H2,20,21)(H,22,27)(H,25,26)/t14-,16+/m1/s1. The summed E-state index contributed by atoms with van der Waals surface area (Å²) in [7, 11) is 0. The van der Waals surface area contributed by atoms with Crippen LogP contribution in [0.4, 0.5) is 10.6 Å². The second-order valence-corrected chi connectivity index (χ2v) is 6.36. The van der Waals surface area contributed by atoms with Gasteiger partial charge in [0.15, 0.2) is 6.04 Å². The highest BCUT2D eigenvalue weighted by Gasteiger charge is 2.54. The highest BCUT2D eigenvalue weighted by molar-refractivity contribution is 6.07. The molecule has 3 amide bonds. The van der Waals surface area contributed by atoms with Gasteiger partial charge in [-0.1, -0.05) is 30.3 Å². The van der Waals surface area contributed by atoms with Crippen molar-refractivity contribution in [2.75, 3.05) is 12.3 Å². The van der Waals surface area contributed by atoms with Crippen LogP contribution in [0.15, 0.2) is 48.7 Å². The number of hydrogen-bond donors (Lipinski definition) is 3. The largest absolute Gasteiger partial charge is 0.480 e. The first kappa shape index (κ1) is 18.4. The number of nitrogens with zero attached hydrogens (tertiary/aromatic N) is 2. The number of carboxylic acid groups (broad SMARTS) is 1. The van der Waals surface area contributed by atoms with E-state index in [9.17, 15) is 19.5 Å². The zero-order valence-electron chi connectivity index (χ0n) is 14.5. The predicted octanol–water partition coefficient (Wildman–Crippen LogP) is 1.07. The minimum atomic E-state index is -1.21. The van der Waals surface area contributed by atoms with E-state index in [0.29, 0.717) is 24.3 Å². The molecule has 1 aliphatic rings. The molecule has 0 bridgehead atoms. The summed E-state index contributed by atoms with van der Waals surface area (Å²) in [6, 6.07) is 10.9. The molecule has 1 aromatic heterocycles. The molecule has 0 radical (unpaired) electrons. The third-order valence-electron chi connectivity index (χ3n) is 4.52. The van der Waals surface area contributed by atoms with Gasteiger partial charge in [-0.05, 0) is 36.1 Å². The summed E-state index contributed by atoms with van der Waals surface area (Å²) in [5.41, 5.74) is 7.36. The predicted molar refractivity (Wildman–Crippen MR) is 97.7 cm³/mol. The number of carbonyl (C=O) groups is 3. The van der Waals surface area contributed by atoms with Gasteiger partial charge in [-0.15, -0.1) is 0 Å². The lowest BCUT2D eigenvalue weighted by Crippen LogP contribution is -2.68. The zero-order valence-corrected chi connectivity index (χ0v) is 14.5. The zero-order chi connectivity index (χ0) is 19.4. The van der Waals surface area contributed by atoms with Crippen LogP contribution in [0.5, 0.6) is 0 Å². The van der Waals surface area contributed by atoms with Crippen molar-refractivity contribution in [1.29, 1.82) is 0 Å². The normalized spacial score (nSPS) is 18.7. The Labute approximate surface area is 156 Å². The average Bonchev–Trinajstić information content (AvgIpc) is 2.64. The number of nitrogens with one attached hydrogen (secondary N) is 1. The number of imide groups is 1. The fraction of sp³-hybridized carbons (Fsp3) is 0.263. The molecule has 3 rings (SSSR count). The summed E-state index contributed by atoms with van der Waals surface area (Å²) >= 11 is 0. The van der Waals surface area contributed by atoms with Gasteiger partial charge in [-0.2, -0.15) is 0 Å². The Morgan fingerprint density at radius 1 is 1.19 bits per heavy atom. The Bertz CT molecular complexity index is 856. The maximum absolute atomic E-state index is 12.4. The quantitative estimate of drug-likeness (QED) is 0.655. The van der Waals surface area contributed by atoms with Crippen LogP contribution in [0.1, 0.15) is 11.1 Å². The van der Waals surface area contributed by atoms with Crippen LogP contribution in [0, 0.1) is 5.92 Å². The number of aromatic nitrogens is 1. The van der Waals surface area contributed by atoms with Crippen LogP contribution in [0.25, 0.3) is 0 Å². The third-order valence-corrected chi connectivity index (χ3v) is 4.52. The molecule has 8 heteroatoms. The van der Waals surface area contributed by atoms with E-state index in [1.807, 2.05) is 30.3 Å². The second kappa shape index (κ2) is 7.86. The molecule has 1 aromatic carbocycles. The molecule has 2 atom stereocenters. The van der Waals surface area contributed by atoms with Gasteiger partial charge in [0, 0.05) is 12.7 Å². The summed E-state index contributed by atoms with van der Waals surface area (Å²) in [6.45, 7) is 0.310. The monoisotopic (exact) mass is 368 g/mol. The summed E-state index contributed by atoms with van der Waals surface area (Å²) < 4.78 is 0. The van der Waals surface area contributed by atoms with Gasteiger partial charge in [0.2, 0.25) is 5.91 Å². The topological polar surface area (TPSA) is 126 Å². The first-order valence-corrected chi connectivity index (χ1v) is 8.55. The smallest absolute Gasteiger partial charge is 0.327 e. The number of pyridine rings is 1. The molecule has 1 saturated heterocycles. The van der Waals surface area contributed by atoms with E-state index >= 15 is 0 Å². The molecule has 4 N–H and O–H groups in total. The summed E-state index contributed by atoms with van der Waals surface area (Å²) in [6.07, 6.45) is 2.28. The number of likely N-dealkylation sites (tertiary alicyclic amines) is 1. The minimum Gasteiger partial charge on any atom is -0.480 e. The number of carbonyl (C=O) groups excluding carboxylic acids is 2. The van der Waals surface area contributed by atoms with Crippen molar-refractivity contribution in [3.05, 3.63) is 59.8 Å². The van der Waals surface area contributed by atoms with Gasteiger partial charge in [0.1, 0.15) is 5.82 Å². The van der Waals surface area contributed by atoms with Gasteiger partial charge in [0.25, 0.3) is 0 Å². The van der Waals surface area contributed by atoms with Crippen LogP contribution in [-0.4, -0.2) is 45.5 Å². The Morgan fingerprint density at radius 3 is 2.59 bits per heavy atom. The number of anilines is 1. The van der Waals surface area contributed by atoms with E-state index < -0.39 is 29.9 Å². The summed E-state index contributed by atoms with van der Waals surface area (Å²) in [4.78, 5) is 40.9. The number of nitrogen functional groups attached to an aromatic ring is 1. The van der Waals surface area contributed by atoms with Crippen LogP contribution >= 0.6 is 0 Å². The van der Waals surface area contributed by atoms with Crippen molar-refractivity contribution >= 4 is 23.7 Å². The maximum Gasteiger partial charge on any atom is 0.327 e. The highest BCUT2D eigenvalue weighted by Crippen LogP contribution is 2.30. The molecule has 0 unspecified atom stereocenters. The molecule has 0 saturated carbocycles. The SMILES string of the molecule is Nc1cc(C[C@H]2C(=O)N(C(=O)NCCc3ccccc3)[C@@H]2C(=O)O)ccn1. The molecule has 2 aromatic rings. The maximum atomic E-state index is 12.4. The third kappa shape index (κ3) is 4.05. The Hall–Kier alpha value is -3.42. The van der Waals surface area contributed by atoms with Gasteiger partial charge in [-0.3, -0.25) is 4.79 Å². The molecule has 8 nitrogen and oxygen atoms in total. The van der Waals surface area contributed by atoms with E-state index in [0.717, 1.165) is 10.5 Å². The Morgan fingerprint density at radius 2 is 1.93 bits per heavy atom. The number of nitrogens with two attached hydrogens (primary N) is 1. The lowest BCUT2D eigenvalue weighted by molar-refractivity contribution is -0.165. The molecule has 0 aliphatic carbocycles. The van der Waals surface area contributed by atoms with Crippen molar-refractivity contribution in [1.82, 2.24) is 15.2 Å². The van der Waals surface area contributed by atoms with Gasteiger partial charge >= 0.3 is 12.0 Å². The van der Waals surface area contributed by atoms with E-state index in [1.165, 1.54) is 6.20 Å². The Kier molecular flexibility index (Phi) is 5.35. The molecule has 1 fully saturated rings. The van der Waals surface area contributed by atoms with Crippen molar-refractivity contribution in [2.24, 2.45) is 5.92 Å². The minimum absolute atomic E-state index is 0.191. The van der Waals surface area contributed by atoms with Crippen molar-refractivity contribution in [3.63, 3.8) is 0 Å². The van der Waals surface area contributed by atoms with Crippen molar-refractivity contribution in [3.8, 4) is 0 Å². The molecule has 2 heterocycles. The molecule has 1 aliphatic heterocycles. The van der Waals surface area contributed by atoms with Crippen LogP contribution < -0.4 is 11.1 Å². The van der Waals surface area contributed by atoms with Crippen molar-refractivity contribution in [2.45, 2.75) is 18.9 Å². The van der Waals surface area contributed by atoms with Crippen molar-refractivity contribution < 1.29 is 19.5 Å². The van der Waals surface area contributed by atoms with E-state index in [2.05, 4.69) is 10.3 Å². The van der Waals surface area contributed by atoms with E-state index in [4.69, 9.17) is 5.73 Å². The second-order valence-electron chi connectivity index (χ2n) is 6.36. The Balaban J connectivity index is 1.60. The molecule has 140 valence electrons. The summed E-state index contributed by atoms with van der Waals surface area (Å²) in [5, 5.41) is 12.1. The van der Waals surface area contributed by atoms with Gasteiger partial charge < -0.3 is 16.2 Å². The van der Waals surface area contributed by atoms with E-state index in [-0.39, 0.29) is 6.42 Å². The number of amides is 3. The van der Waals surface area contributed by atoms with Crippen LogP contribution in [0.3, 0.4) is 0 Å². The first-order chi connectivity index (χ1) is 13.0. The number of urea groups is 1. The highest BCUT2D eigenvalue weighted by atomic mass is 16.4.